The second-order valence-corrected chi connectivity index (χ2v) is 10.2. The summed E-state index contributed by atoms with van der Waals surface area (Å²) in [6.07, 6.45) is 4.04. The number of nitrogens with one attached hydrogen (secondary N) is 2. The Morgan fingerprint density at radius 2 is 2.11 bits per heavy atom. The zero-order valence-corrected chi connectivity index (χ0v) is 20.7. The molecule has 2 fully saturated rings. The van der Waals surface area contributed by atoms with Crippen molar-refractivity contribution in [2.24, 2.45) is 0 Å². The van der Waals surface area contributed by atoms with E-state index in [1.807, 2.05) is 22.6 Å². The van der Waals surface area contributed by atoms with Gasteiger partial charge in [-0.05, 0) is 35.7 Å². The van der Waals surface area contributed by atoms with Gasteiger partial charge in [-0.2, -0.15) is 0 Å². The Hall–Kier alpha value is -3.86. The average molecular weight is 515 g/mol. The number of hydrogen-bond donors (Lipinski definition) is 3. The molecule has 4 aromatic rings. The quantitative estimate of drug-likeness (QED) is 0.363. The van der Waals surface area contributed by atoms with E-state index in [2.05, 4.69) is 26.6 Å². The number of halogens is 1. The van der Waals surface area contributed by atoms with Gasteiger partial charge in [0.2, 0.25) is 0 Å². The Bertz CT molecular complexity index is 1560. The maximum Gasteiger partial charge on any atom is 0.254 e. The highest BCUT2D eigenvalue weighted by Crippen LogP contribution is 2.36. The lowest BCUT2D eigenvalue weighted by molar-refractivity contribution is -0.00373. The van der Waals surface area contributed by atoms with Crippen LogP contribution in [0.3, 0.4) is 0 Å². The number of aliphatic hydroxyl groups is 1. The third-order valence-corrected chi connectivity index (χ3v) is 7.67. The summed E-state index contributed by atoms with van der Waals surface area (Å²) in [6, 6.07) is 10.7. The molecule has 0 unspecified atom stereocenters. The molecule has 1 aromatic carbocycles. The molecule has 0 bridgehead atoms. The number of amides is 1. The van der Waals surface area contributed by atoms with Crippen LogP contribution in [-0.4, -0.2) is 62.7 Å². The number of nitrogens with zero attached hydrogens (tertiary/aromatic N) is 4. The fraction of sp³-hybridized carbons (Fsp3) is 0.321. The van der Waals surface area contributed by atoms with Crippen molar-refractivity contribution in [2.75, 3.05) is 31.6 Å². The fourth-order valence-corrected chi connectivity index (χ4v) is 5.73. The molecule has 9 nitrogen and oxygen atoms in total. The number of anilines is 2. The van der Waals surface area contributed by atoms with Crippen molar-refractivity contribution in [1.82, 2.24) is 24.6 Å². The first kappa shape index (κ1) is 23.3. The van der Waals surface area contributed by atoms with E-state index in [-0.39, 0.29) is 17.8 Å². The minimum Gasteiger partial charge on any atom is -0.390 e. The highest BCUT2D eigenvalue weighted by Gasteiger charge is 2.30. The summed E-state index contributed by atoms with van der Waals surface area (Å²) in [5.74, 6) is 0.466. The number of carbonyl (C=O) groups is 1. The van der Waals surface area contributed by atoms with Crippen LogP contribution in [0.15, 0.2) is 48.8 Å². The van der Waals surface area contributed by atoms with Crippen LogP contribution in [0.25, 0.3) is 16.9 Å². The minimum atomic E-state index is -0.347. The molecule has 0 saturated carbocycles. The second-order valence-electron chi connectivity index (χ2n) is 10.2. The molecule has 6 heterocycles. The molecule has 3 aromatic heterocycles. The van der Waals surface area contributed by atoms with Gasteiger partial charge in [0.15, 0.2) is 0 Å². The monoisotopic (exact) mass is 514 g/mol. The lowest BCUT2D eigenvalue weighted by atomic mass is 9.96. The number of β-amino-alcohol motifs (C(OH)–C–C–N with tert-alkyl or cyclic N) is 1. The van der Waals surface area contributed by atoms with Gasteiger partial charge in [0.1, 0.15) is 17.3 Å². The maximum absolute atomic E-state index is 13.7. The number of aromatic nitrogens is 3. The first-order valence-corrected chi connectivity index (χ1v) is 12.9. The molecule has 7 rings (SSSR count). The number of carbonyl (C=O) groups excluding carboxylic acids is 1. The van der Waals surface area contributed by atoms with Crippen molar-refractivity contribution in [3.05, 3.63) is 77.0 Å². The van der Waals surface area contributed by atoms with Crippen molar-refractivity contribution >= 4 is 23.1 Å². The first-order valence-electron chi connectivity index (χ1n) is 12.9. The zero-order valence-electron chi connectivity index (χ0n) is 20.7. The number of ether oxygens (including phenoxy) is 1. The average Bonchev–Trinajstić information content (AvgIpc) is 3.64. The summed E-state index contributed by atoms with van der Waals surface area (Å²) < 4.78 is 21.1. The molecule has 3 aliphatic heterocycles. The molecule has 3 N–H and O–H groups in total. The van der Waals surface area contributed by atoms with Gasteiger partial charge in [-0.1, -0.05) is 12.1 Å². The van der Waals surface area contributed by atoms with E-state index in [1.54, 1.807) is 12.4 Å². The van der Waals surface area contributed by atoms with Gasteiger partial charge in [0.05, 0.1) is 41.5 Å². The molecule has 3 aliphatic rings. The van der Waals surface area contributed by atoms with Crippen LogP contribution in [0.4, 0.5) is 15.9 Å². The van der Waals surface area contributed by atoms with Gasteiger partial charge in [-0.25, -0.2) is 14.4 Å². The van der Waals surface area contributed by atoms with Gasteiger partial charge >= 0.3 is 0 Å². The Morgan fingerprint density at radius 1 is 1.21 bits per heavy atom. The number of hydrogen-bond acceptors (Lipinski definition) is 7. The van der Waals surface area contributed by atoms with Crippen LogP contribution in [0, 0.1) is 5.82 Å². The molecular weight excluding hydrogens is 487 g/mol. The number of fused-ring (bicyclic) bond motifs is 2. The van der Waals surface area contributed by atoms with E-state index in [0.717, 1.165) is 35.5 Å². The standard InChI is InChI=1S/C28H27FN6O3/c29-17-5-7-35-24(11-30-26(35)9-17)20-1-3-22(27-21(20)10-31-28(27)37)32-25-4-2-19(16-6-8-38-15-16)23(33-25)14-34-12-18(36)13-34/h1-5,7,9,11,16,18,36H,6,8,10,12-15H2,(H,31,37)(H,32,33)/t16-/m0/s1. The number of likely N-dealkylation sites (tertiary alicyclic amines) is 1. The Kier molecular flexibility index (Phi) is 5.61. The van der Waals surface area contributed by atoms with Crippen LogP contribution in [0.1, 0.15) is 39.5 Å². The summed E-state index contributed by atoms with van der Waals surface area (Å²) in [7, 11) is 0. The van der Waals surface area contributed by atoms with Crippen molar-refractivity contribution < 1.29 is 19.0 Å². The smallest absolute Gasteiger partial charge is 0.254 e. The van der Waals surface area contributed by atoms with E-state index in [1.165, 1.54) is 17.7 Å². The molecule has 10 heteroatoms. The predicted octanol–water partition coefficient (Wildman–Crippen LogP) is 3.20. The van der Waals surface area contributed by atoms with Crippen molar-refractivity contribution in [3.63, 3.8) is 0 Å². The summed E-state index contributed by atoms with van der Waals surface area (Å²) in [6.45, 7) is 3.78. The zero-order chi connectivity index (χ0) is 25.8. The van der Waals surface area contributed by atoms with Crippen LogP contribution in [0.5, 0.6) is 0 Å². The molecule has 0 spiro atoms. The van der Waals surface area contributed by atoms with E-state index >= 15 is 0 Å². The largest absolute Gasteiger partial charge is 0.390 e. The first-order chi connectivity index (χ1) is 18.5. The SMILES string of the molecule is O=C1NCc2c(-c3cnc4cc(F)ccn34)ccc(Nc3ccc([C@H]4CCOC4)c(CN4CC(O)C4)n3)c21. The Labute approximate surface area is 218 Å². The van der Waals surface area contributed by atoms with Crippen LogP contribution in [-0.2, 0) is 17.8 Å². The molecule has 2 saturated heterocycles. The maximum atomic E-state index is 13.7. The van der Waals surface area contributed by atoms with E-state index in [4.69, 9.17) is 9.72 Å². The molecule has 194 valence electrons. The lowest BCUT2D eigenvalue weighted by Crippen LogP contribution is -2.50. The molecule has 38 heavy (non-hydrogen) atoms. The summed E-state index contributed by atoms with van der Waals surface area (Å²) >= 11 is 0. The van der Waals surface area contributed by atoms with Gasteiger partial charge in [0, 0.05) is 56.5 Å². The van der Waals surface area contributed by atoms with Crippen molar-refractivity contribution in [1.29, 1.82) is 0 Å². The highest BCUT2D eigenvalue weighted by atomic mass is 19.1. The van der Waals surface area contributed by atoms with E-state index < -0.39 is 0 Å². The van der Waals surface area contributed by atoms with Gasteiger partial charge in [0.25, 0.3) is 5.91 Å². The molecular formula is C28H27FN6O3. The van der Waals surface area contributed by atoms with Crippen LogP contribution in [0.2, 0.25) is 0 Å². The Balaban J connectivity index is 1.24. The number of pyridine rings is 2. The number of benzene rings is 1. The van der Waals surface area contributed by atoms with Crippen LogP contribution >= 0.6 is 0 Å². The Morgan fingerprint density at radius 3 is 2.92 bits per heavy atom. The fourth-order valence-electron chi connectivity index (χ4n) is 5.73. The van der Waals surface area contributed by atoms with Crippen molar-refractivity contribution in [3.8, 4) is 11.3 Å². The number of imidazole rings is 1. The van der Waals surface area contributed by atoms with Gasteiger partial charge in [-0.3, -0.25) is 14.1 Å². The predicted molar refractivity (Wildman–Crippen MR) is 139 cm³/mol. The van der Waals surface area contributed by atoms with Crippen LogP contribution < -0.4 is 10.6 Å². The summed E-state index contributed by atoms with van der Waals surface area (Å²) in [5.41, 5.74) is 6.41. The highest BCUT2D eigenvalue weighted by molar-refractivity contribution is 6.06. The molecule has 1 atom stereocenters. The summed E-state index contributed by atoms with van der Waals surface area (Å²) in [5, 5.41) is 16.1. The minimum absolute atomic E-state index is 0.154. The third kappa shape index (κ3) is 4.01. The number of rotatable bonds is 6. The topological polar surface area (TPSA) is 104 Å². The lowest BCUT2D eigenvalue weighted by Gasteiger charge is -2.36. The van der Waals surface area contributed by atoms with Crippen molar-refractivity contribution in [2.45, 2.75) is 31.5 Å². The number of aliphatic hydroxyl groups excluding tert-OH is 1. The van der Waals surface area contributed by atoms with E-state index in [0.29, 0.717) is 61.4 Å². The molecule has 1 amide bonds. The normalized spacial score (nSPS) is 19.5. The van der Waals surface area contributed by atoms with Gasteiger partial charge in [-0.15, -0.1) is 0 Å². The third-order valence-electron chi connectivity index (χ3n) is 7.67. The van der Waals surface area contributed by atoms with E-state index in [9.17, 15) is 14.3 Å². The molecule has 0 radical (unpaired) electrons. The summed E-state index contributed by atoms with van der Waals surface area (Å²) in [4.78, 5) is 24.4. The second kappa shape index (κ2) is 9.16. The molecule has 0 aliphatic carbocycles. The van der Waals surface area contributed by atoms with Gasteiger partial charge < -0.3 is 20.5 Å².